The van der Waals surface area contributed by atoms with E-state index in [1.165, 1.54) is 5.56 Å². The number of aryl methyl sites for hydroxylation is 2. The summed E-state index contributed by atoms with van der Waals surface area (Å²) >= 11 is 12.7. The molecule has 1 aliphatic carbocycles. The van der Waals surface area contributed by atoms with Crippen molar-refractivity contribution in [3.8, 4) is 11.3 Å². The number of benzene rings is 2. The minimum atomic E-state index is -1.44. The molecule has 4 rings (SSSR count). The van der Waals surface area contributed by atoms with E-state index in [2.05, 4.69) is 22.2 Å². The van der Waals surface area contributed by atoms with Crippen molar-refractivity contribution in [2.75, 3.05) is 14.1 Å². The molecule has 1 heterocycles. The molecule has 0 radical (unpaired) electrons. The van der Waals surface area contributed by atoms with Gasteiger partial charge in [-0.05, 0) is 77.2 Å². The minimum Gasteiger partial charge on any atom is -0.445 e. The fourth-order valence-corrected chi connectivity index (χ4v) is 5.77. The molecule has 0 atom stereocenters. The molecule has 2 N–H and O–H groups in total. The SMILES string of the molecule is Cc1onc(-c2c(Cl)cccc2Cl)c1C(=O)OC1(C(N)=O)CCC(CCc2ccccc2)(N(C)C)CC1. The number of halogens is 2. The van der Waals surface area contributed by atoms with Crippen LogP contribution in [0.1, 0.15) is 53.8 Å². The van der Waals surface area contributed by atoms with Crippen LogP contribution < -0.4 is 5.73 Å². The van der Waals surface area contributed by atoms with Gasteiger partial charge in [0, 0.05) is 11.1 Å². The number of carbonyl (C=O) groups excluding carboxylic acids is 2. The third-order valence-corrected chi connectivity index (χ3v) is 8.29. The van der Waals surface area contributed by atoms with Crippen LogP contribution in [0.25, 0.3) is 11.3 Å². The smallest absolute Gasteiger partial charge is 0.345 e. The highest BCUT2D eigenvalue weighted by Crippen LogP contribution is 2.44. The van der Waals surface area contributed by atoms with Crippen LogP contribution in [0, 0.1) is 6.92 Å². The highest BCUT2D eigenvalue weighted by atomic mass is 35.5. The molecule has 3 aromatic rings. The second kappa shape index (κ2) is 10.9. The number of hydrogen-bond donors (Lipinski definition) is 1. The van der Waals surface area contributed by atoms with Crippen LogP contribution in [-0.2, 0) is 16.0 Å². The first-order valence-electron chi connectivity index (χ1n) is 12.2. The Morgan fingerprint density at radius 2 is 1.65 bits per heavy atom. The van der Waals surface area contributed by atoms with Gasteiger partial charge in [-0.3, -0.25) is 4.79 Å². The summed E-state index contributed by atoms with van der Waals surface area (Å²) in [6, 6.07) is 15.3. The largest absolute Gasteiger partial charge is 0.445 e. The summed E-state index contributed by atoms with van der Waals surface area (Å²) in [6.07, 6.45) is 3.74. The molecule has 0 aliphatic heterocycles. The second-order valence-electron chi connectivity index (χ2n) is 9.91. The van der Waals surface area contributed by atoms with Gasteiger partial charge in [0.1, 0.15) is 17.0 Å². The fraction of sp³-hybridized carbons (Fsp3) is 0.393. The van der Waals surface area contributed by atoms with Crippen LogP contribution in [0.5, 0.6) is 0 Å². The maximum absolute atomic E-state index is 13.5. The Labute approximate surface area is 226 Å². The number of primary amides is 1. The summed E-state index contributed by atoms with van der Waals surface area (Å²) in [6.45, 7) is 1.59. The van der Waals surface area contributed by atoms with E-state index in [0.717, 1.165) is 12.8 Å². The van der Waals surface area contributed by atoms with Crippen molar-refractivity contribution < 1.29 is 18.8 Å². The molecule has 0 spiro atoms. The summed E-state index contributed by atoms with van der Waals surface area (Å²) in [5.41, 5.74) is 6.13. The number of nitrogens with zero attached hydrogens (tertiary/aromatic N) is 2. The van der Waals surface area contributed by atoms with E-state index in [1.54, 1.807) is 25.1 Å². The number of nitrogens with two attached hydrogens (primary N) is 1. The summed E-state index contributed by atoms with van der Waals surface area (Å²) in [4.78, 5) is 28.5. The van der Waals surface area contributed by atoms with Gasteiger partial charge in [-0.1, -0.05) is 64.8 Å². The molecule has 196 valence electrons. The molecule has 1 aromatic heterocycles. The van der Waals surface area contributed by atoms with Crippen molar-refractivity contribution in [2.45, 2.75) is 56.6 Å². The Morgan fingerprint density at radius 3 is 2.22 bits per heavy atom. The molecular formula is C28H31Cl2N3O4. The van der Waals surface area contributed by atoms with Crippen molar-refractivity contribution in [2.24, 2.45) is 5.73 Å². The Morgan fingerprint density at radius 1 is 1.03 bits per heavy atom. The number of amides is 1. The highest BCUT2D eigenvalue weighted by molar-refractivity contribution is 6.39. The van der Waals surface area contributed by atoms with Gasteiger partial charge in [-0.15, -0.1) is 0 Å². The second-order valence-corrected chi connectivity index (χ2v) is 10.7. The van der Waals surface area contributed by atoms with Gasteiger partial charge >= 0.3 is 5.97 Å². The number of ether oxygens (including phenoxy) is 1. The standard InChI is InChI=1S/C28H31Cl2N3O4/c1-18-22(24(32-37-18)23-20(29)10-7-11-21(23)30)25(34)36-28(26(31)35)16-14-27(15-17-28,33(2)3)13-12-19-8-5-4-6-9-19/h4-11H,12-17H2,1-3H3,(H2,31,35). The third-order valence-electron chi connectivity index (χ3n) is 7.66. The average molecular weight is 544 g/mol. The predicted molar refractivity (Wildman–Crippen MR) is 144 cm³/mol. The molecule has 1 aliphatic rings. The molecule has 1 saturated carbocycles. The summed E-state index contributed by atoms with van der Waals surface area (Å²) in [7, 11) is 4.10. The topological polar surface area (TPSA) is 98.7 Å². The van der Waals surface area contributed by atoms with E-state index in [-0.39, 0.29) is 22.6 Å². The Kier molecular flexibility index (Phi) is 7.97. The zero-order valence-corrected chi connectivity index (χ0v) is 22.7. The van der Waals surface area contributed by atoms with Crippen molar-refractivity contribution in [1.29, 1.82) is 0 Å². The van der Waals surface area contributed by atoms with Crippen LogP contribution in [0.3, 0.4) is 0 Å². The third kappa shape index (κ3) is 5.40. The van der Waals surface area contributed by atoms with Crippen LogP contribution in [0.2, 0.25) is 10.0 Å². The van der Waals surface area contributed by atoms with Gasteiger partial charge in [0.05, 0.1) is 10.0 Å². The normalized spacial score (nSPS) is 21.7. The van der Waals surface area contributed by atoms with Crippen LogP contribution in [0.4, 0.5) is 0 Å². The lowest BCUT2D eigenvalue weighted by molar-refractivity contribution is -0.144. The molecule has 1 amide bonds. The minimum absolute atomic E-state index is 0.0733. The molecule has 2 aromatic carbocycles. The van der Waals surface area contributed by atoms with Gasteiger partial charge in [0.2, 0.25) is 0 Å². The van der Waals surface area contributed by atoms with Crippen molar-refractivity contribution in [1.82, 2.24) is 10.1 Å². The van der Waals surface area contributed by atoms with E-state index in [1.807, 2.05) is 32.3 Å². The molecule has 0 bridgehead atoms. The lowest BCUT2D eigenvalue weighted by atomic mass is 9.70. The number of esters is 1. The van der Waals surface area contributed by atoms with Crippen molar-refractivity contribution in [3.63, 3.8) is 0 Å². The summed E-state index contributed by atoms with van der Waals surface area (Å²) in [5, 5.41) is 4.64. The first kappa shape index (κ1) is 27.2. The van der Waals surface area contributed by atoms with Crippen molar-refractivity contribution in [3.05, 3.63) is 75.5 Å². The predicted octanol–water partition coefficient (Wildman–Crippen LogP) is 5.84. The summed E-state index contributed by atoms with van der Waals surface area (Å²) < 4.78 is 11.2. The molecular weight excluding hydrogens is 513 g/mol. The zero-order valence-electron chi connectivity index (χ0n) is 21.2. The van der Waals surface area contributed by atoms with E-state index in [0.29, 0.717) is 41.3 Å². The van der Waals surface area contributed by atoms with E-state index < -0.39 is 17.5 Å². The Bertz CT molecular complexity index is 1260. The maximum Gasteiger partial charge on any atom is 0.345 e. The van der Waals surface area contributed by atoms with Crippen molar-refractivity contribution >= 4 is 35.1 Å². The maximum atomic E-state index is 13.5. The lowest BCUT2D eigenvalue weighted by Crippen LogP contribution is -2.57. The van der Waals surface area contributed by atoms with Crippen LogP contribution >= 0.6 is 23.2 Å². The van der Waals surface area contributed by atoms with Gasteiger partial charge in [0.15, 0.2) is 5.60 Å². The Balaban J connectivity index is 1.57. The molecule has 9 heteroatoms. The first-order valence-corrected chi connectivity index (χ1v) is 13.0. The number of carbonyl (C=O) groups is 2. The fourth-order valence-electron chi connectivity index (χ4n) is 5.20. The number of hydrogen-bond acceptors (Lipinski definition) is 6. The monoisotopic (exact) mass is 543 g/mol. The number of aromatic nitrogens is 1. The average Bonchev–Trinajstić information content (AvgIpc) is 3.25. The molecule has 0 saturated heterocycles. The lowest BCUT2D eigenvalue weighted by Gasteiger charge is -2.48. The van der Waals surface area contributed by atoms with Gasteiger partial charge < -0.3 is 19.9 Å². The quantitative estimate of drug-likeness (QED) is 0.358. The molecule has 1 fully saturated rings. The van der Waals surface area contributed by atoms with Gasteiger partial charge in [-0.2, -0.15) is 0 Å². The first-order chi connectivity index (χ1) is 17.6. The summed E-state index contributed by atoms with van der Waals surface area (Å²) in [5.74, 6) is -1.18. The highest BCUT2D eigenvalue weighted by Gasteiger charge is 2.50. The number of rotatable bonds is 8. The van der Waals surface area contributed by atoms with Gasteiger partial charge in [0.25, 0.3) is 5.91 Å². The molecule has 37 heavy (non-hydrogen) atoms. The van der Waals surface area contributed by atoms with E-state index >= 15 is 0 Å². The zero-order chi connectivity index (χ0) is 26.8. The van der Waals surface area contributed by atoms with E-state index in [9.17, 15) is 9.59 Å². The Hall–Kier alpha value is -2.87. The van der Waals surface area contributed by atoms with Crippen LogP contribution in [-0.4, -0.2) is 47.2 Å². The molecule has 0 unspecified atom stereocenters. The van der Waals surface area contributed by atoms with E-state index in [4.69, 9.17) is 38.2 Å². The van der Waals surface area contributed by atoms with Gasteiger partial charge in [-0.25, -0.2) is 4.79 Å². The van der Waals surface area contributed by atoms with Crippen LogP contribution in [0.15, 0.2) is 53.1 Å². The molecule has 7 nitrogen and oxygen atoms in total.